The molecule has 8 atom stereocenters. The molecular weight excluding hydrogens is 264 g/mol. The molecule has 0 amide bonds. The molecule has 0 spiro atoms. The highest BCUT2D eigenvalue weighted by atomic mass is 14.6. The molecule has 126 valence electrons. The van der Waals surface area contributed by atoms with Gasteiger partial charge in [-0.1, -0.05) is 47.0 Å². The zero-order valence-electron chi connectivity index (χ0n) is 15.5. The summed E-state index contributed by atoms with van der Waals surface area (Å²) in [6, 6.07) is 0. The van der Waals surface area contributed by atoms with Crippen molar-refractivity contribution in [2.45, 2.75) is 91.9 Å². The second-order valence-corrected chi connectivity index (χ2v) is 10.1. The molecular formula is C22H38. The fourth-order valence-electron chi connectivity index (χ4n) is 8.45. The normalized spacial score (nSPS) is 57.8. The molecule has 4 rings (SSSR count). The van der Waals surface area contributed by atoms with Gasteiger partial charge in [0.15, 0.2) is 0 Å². The van der Waals surface area contributed by atoms with E-state index in [0.717, 1.165) is 35.5 Å². The van der Waals surface area contributed by atoms with Crippen LogP contribution in [0.25, 0.3) is 0 Å². The second-order valence-electron chi connectivity index (χ2n) is 10.1. The van der Waals surface area contributed by atoms with E-state index in [4.69, 9.17) is 0 Å². The zero-order chi connectivity index (χ0) is 15.5. The quantitative estimate of drug-likeness (QED) is 0.506. The molecule has 0 heterocycles. The highest BCUT2D eigenvalue weighted by molar-refractivity contribution is 5.09. The molecule has 0 nitrogen and oxygen atoms in total. The van der Waals surface area contributed by atoms with E-state index in [2.05, 4.69) is 27.7 Å². The molecule has 0 aliphatic heterocycles. The van der Waals surface area contributed by atoms with E-state index in [0.29, 0.717) is 10.8 Å². The SMILES string of the molecule is CC[C@H]1CC[C@H]2[C@@H]3CCC4CCCC(C)[C@]4(C)[C@H]3CC[C@]12C. The largest absolute Gasteiger partial charge is 0.0651 e. The van der Waals surface area contributed by atoms with E-state index in [1.807, 2.05) is 0 Å². The first-order valence-corrected chi connectivity index (χ1v) is 10.5. The minimum atomic E-state index is 0.687. The highest BCUT2D eigenvalue weighted by Gasteiger charge is 2.60. The van der Waals surface area contributed by atoms with Crippen LogP contribution in [-0.2, 0) is 0 Å². The van der Waals surface area contributed by atoms with Crippen LogP contribution in [0.4, 0.5) is 0 Å². The van der Waals surface area contributed by atoms with E-state index in [1.165, 1.54) is 25.7 Å². The Morgan fingerprint density at radius 1 is 0.864 bits per heavy atom. The molecule has 0 N–H and O–H groups in total. The van der Waals surface area contributed by atoms with E-state index in [9.17, 15) is 0 Å². The summed E-state index contributed by atoms with van der Waals surface area (Å²) >= 11 is 0. The molecule has 4 saturated carbocycles. The Morgan fingerprint density at radius 3 is 2.45 bits per heavy atom. The molecule has 0 radical (unpaired) electrons. The van der Waals surface area contributed by atoms with Gasteiger partial charge in [0, 0.05) is 0 Å². The Morgan fingerprint density at radius 2 is 1.68 bits per heavy atom. The molecule has 0 saturated heterocycles. The first-order valence-electron chi connectivity index (χ1n) is 10.5. The summed E-state index contributed by atoms with van der Waals surface area (Å²) in [6.07, 6.45) is 15.3. The lowest BCUT2D eigenvalue weighted by Crippen LogP contribution is -2.55. The number of fused-ring (bicyclic) bond motifs is 5. The molecule has 4 fully saturated rings. The number of rotatable bonds is 1. The maximum absolute atomic E-state index is 2.73. The fourth-order valence-corrected chi connectivity index (χ4v) is 8.45. The summed E-state index contributed by atoms with van der Waals surface area (Å²) in [7, 11) is 0. The number of hydrogen-bond donors (Lipinski definition) is 0. The zero-order valence-corrected chi connectivity index (χ0v) is 15.5. The predicted octanol–water partition coefficient (Wildman–Crippen LogP) is 6.69. The summed E-state index contributed by atoms with van der Waals surface area (Å²) in [5.41, 5.74) is 1.39. The lowest BCUT2D eigenvalue weighted by Gasteiger charge is -2.62. The van der Waals surface area contributed by atoms with Gasteiger partial charge < -0.3 is 0 Å². The first kappa shape index (κ1) is 15.5. The Hall–Kier alpha value is 0. The summed E-state index contributed by atoms with van der Waals surface area (Å²) in [6.45, 7) is 10.5. The van der Waals surface area contributed by atoms with E-state index < -0.39 is 0 Å². The third kappa shape index (κ3) is 1.88. The van der Waals surface area contributed by atoms with Crippen LogP contribution in [0.1, 0.15) is 91.9 Å². The van der Waals surface area contributed by atoms with Gasteiger partial charge in [-0.25, -0.2) is 0 Å². The maximum atomic E-state index is 2.73. The topological polar surface area (TPSA) is 0 Å². The van der Waals surface area contributed by atoms with Gasteiger partial charge >= 0.3 is 0 Å². The minimum absolute atomic E-state index is 0.687. The van der Waals surface area contributed by atoms with Crippen LogP contribution in [0, 0.1) is 46.3 Å². The van der Waals surface area contributed by atoms with E-state index in [-0.39, 0.29) is 0 Å². The van der Waals surface area contributed by atoms with Crippen molar-refractivity contribution in [3.05, 3.63) is 0 Å². The van der Waals surface area contributed by atoms with Crippen LogP contribution in [0.2, 0.25) is 0 Å². The van der Waals surface area contributed by atoms with Gasteiger partial charge in [-0.2, -0.15) is 0 Å². The summed E-state index contributed by atoms with van der Waals surface area (Å²) < 4.78 is 0. The summed E-state index contributed by atoms with van der Waals surface area (Å²) in [5, 5.41) is 0. The van der Waals surface area contributed by atoms with Crippen molar-refractivity contribution in [3.8, 4) is 0 Å². The van der Waals surface area contributed by atoms with E-state index >= 15 is 0 Å². The van der Waals surface area contributed by atoms with Gasteiger partial charge in [-0.15, -0.1) is 0 Å². The molecule has 0 aromatic rings. The van der Waals surface area contributed by atoms with E-state index in [1.54, 1.807) is 38.5 Å². The third-order valence-corrected chi connectivity index (χ3v) is 9.90. The maximum Gasteiger partial charge on any atom is -0.0241 e. The average Bonchev–Trinajstić information content (AvgIpc) is 2.85. The van der Waals surface area contributed by atoms with Gasteiger partial charge in [-0.3, -0.25) is 0 Å². The van der Waals surface area contributed by atoms with Crippen LogP contribution >= 0.6 is 0 Å². The third-order valence-electron chi connectivity index (χ3n) is 9.90. The van der Waals surface area contributed by atoms with Crippen molar-refractivity contribution in [2.24, 2.45) is 46.3 Å². The van der Waals surface area contributed by atoms with Crippen molar-refractivity contribution in [2.75, 3.05) is 0 Å². The Balaban J connectivity index is 1.65. The molecule has 0 heteroatoms. The van der Waals surface area contributed by atoms with Crippen molar-refractivity contribution in [3.63, 3.8) is 0 Å². The Kier molecular flexibility index (Phi) is 3.70. The minimum Gasteiger partial charge on any atom is -0.0651 e. The molecule has 4 aliphatic carbocycles. The van der Waals surface area contributed by atoms with Crippen LogP contribution in [0.5, 0.6) is 0 Å². The predicted molar refractivity (Wildman–Crippen MR) is 94.7 cm³/mol. The van der Waals surface area contributed by atoms with Gasteiger partial charge in [-0.05, 0) is 91.3 Å². The smallest absolute Gasteiger partial charge is 0.0241 e. The molecule has 4 aliphatic rings. The second kappa shape index (κ2) is 5.25. The van der Waals surface area contributed by atoms with Crippen molar-refractivity contribution >= 4 is 0 Å². The summed E-state index contributed by atoms with van der Waals surface area (Å²) in [5.74, 6) is 6.29. The molecule has 2 unspecified atom stereocenters. The lowest BCUT2D eigenvalue weighted by molar-refractivity contribution is -0.133. The monoisotopic (exact) mass is 302 g/mol. The van der Waals surface area contributed by atoms with Crippen LogP contribution < -0.4 is 0 Å². The molecule has 0 aromatic heterocycles. The summed E-state index contributed by atoms with van der Waals surface area (Å²) in [4.78, 5) is 0. The average molecular weight is 303 g/mol. The van der Waals surface area contributed by atoms with Crippen LogP contribution in [-0.4, -0.2) is 0 Å². The van der Waals surface area contributed by atoms with Gasteiger partial charge in [0.05, 0.1) is 0 Å². The van der Waals surface area contributed by atoms with Gasteiger partial charge in [0.25, 0.3) is 0 Å². The van der Waals surface area contributed by atoms with Crippen LogP contribution in [0.15, 0.2) is 0 Å². The van der Waals surface area contributed by atoms with Gasteiger partial charge in [0.2, 0.25) is 0 Å². The lowest BCUT2D eigenvalue weighted by atomic mass is 9.43. The molecule has 0 aromatic carbocycles. The Bertz CT molecular complexity index is 426. The number of hydrogen-bond acceptors (Lipinski definition) is 0. The highest BCUT2D eigenvalue weighted by Crippen LogP contribution is 2.68. The standard InChI is InChI=1S/C22H38/c1-5-16-10-12-19-18-11-9-17-8-6-7-15(2)22(17,4)20(18)13-14-21(16,19)3/h15-20H,5-14H2,1-4H3/t15?,16-,17?,18-,19-,20-,21+,22-/m0/s1. The fraction of sp³-hybridized carbons (Fsp3) is 1.00. The molecule has 22 heavy (non-hydrogen) atoms. The van der Waals surface area contributed by atoms with Crippen molar-refractivity contribution in [1.29, 1.82) is 0 Å². The van der Waals surface area contributed by atoms with Crippen LogP contribution in [0.3, 0.4) is 0 Å². The molecule has 0 bridgehead atoms. The van der Waals surface area contributed by atoms with Crippen molar-refractivity contribution < 1.29 is 0 Å². The van der Waals surface area contributed by atoms with Gasteiger partial charge in [0.1, 0.15) is 0 Å². The van der Waals surface area contributed by atoms with Crippen molar-refractivity contribution in [1.82, 2.24) is 0 Å². The first-order chi connectivity index (χ1) is 10.5. The Labute approximate surface area is 138 Å².